The lowest BCUT2D eigenvalue weighted by atomic mass is 10.1. The van der Waals surface area contributed by atoms with Gasteiger partial charge in [0, 0.05) is 17.8 Å². The highest BCUT2D eigenvalue weighted by Crippen LogP contribution is 2.36. The van der Waals surface area contributed by atoms with Crippen molar-refractivity contribution in [2.45, 2.75) is 12.6 Å². The van der Waals surface area contributed by atoms with Gasteiger partial charge in [-0.05, 0) is 42.3 Å². The fraction of sp³-hybridized carbons (Fsp3) is 0.235. The fourth-order valence-corrected chi connectivity index (χ4v) is 4.03. The van der Waals surface area contributed by atoms with Crippen molar-refractivity contribution >= 4 is 38.9 Å². The Hall–Kier alpha value is -2.26. The van der Waals surface area contributed by atoms with Crippen molar-refractivity contribution in [3.63, 3.8) is 0 Å². The molecule has 0 aliphatic carbocycles. The van der Waals surface area contributed by atoms with Crippen LogP contribution in [0.3, 0.4) is 0 Å². The summed E-state index contributed by atoms with van der Waals surface area (Å²) >= 11 is 5.56. The lowest BCUT2D eigenvalue weighted by Crippen LogP contribution is -2.27. The van der Waals surface area contributed by atoms with Crippen LogP contribution in [0.15, 0.2) is 36.4 Å². The number of hydrogen-bond acceptors (Lipinski definition) is 3. The van der Waals surface area contributed by atoms with Gasteiger partial charge in [0.25, 0.3) is 5.91 Å². The van der Waals surface area contributed by atoms with Gasteiger partial charge in [-0.3, -0.25) is 9.10 Å². The van der Waals surface area contributed by atoms with Crippen LogP contribution >= 0.6 is 11.6 Å². The first-order valence-corrected chi connectivity index (χ1v) is 9.98. The van der Waals surface area contributed by atoms with Crippen LogP contribution in [-0.2, 0) is 22.6 Å². The third kappa shape index (κ3) is 4.03. The zero-order valence-electron chi connectivity index (χ0n) is 14.0. The number of fused-ring (bicyclic) bond motifs is 1. The average molecular weight is 419 g/mol. The molecule has 0 fully saturated rings. The predicted octanol–water partition coefficient (Wildman–Crippen LogP) is 3.93. The van der Waals surface area contributed by atoms with Crippen molar-refractivity contribution < 1.29 is 26.4 Å². The molecule has 3 rings (SSSR count). The highest BCUT2D eigenvalue weighted by molar-refractivity contribution is 7.92. The van der Waals surface area contributed by atoms with Crippen LogP contribution in [0, 0.1) is 0 Å². The Balaban J connectivity index is 1.88. The molecule has 0 aromatic heterocycles. The summed E-state index contributed by atoms with van der Waals surface area (Å²) in [6.07, 6.45) is -3.06. The largest absolute Gasteiger partial charge is 0.417 e. The Kier molecular flexibility index (Phi) is 4.85. The van der Waals surface area contributed by atoms with Gasteiger partial charge in [0.2, 0.25) is 10.0 Å². The number of carbonyl (C=O) groups excluding carboxylic acids is 1. The van der Waals surface area contributed by atoms with E-state index >= 15 is 0 Å². The first-order valence-electron chi connectivity index (χ1n) is 7.75. The van der Waals surface area contributed by atoms with E-state index in [9.17, 15) is 26.4 Å². The van der Waals surface area contributed by atoms with Gasteiger partial charge >= 0.3 is 6.18 Å². The predicted molar refractivity (Wildman–Crippen MR) is 96.7 cm³/mol. The van der Waals surface area contributed by atoms with Gasteiger partial charge in [-0.1, -0.05) is 17.7 Å². The summed E-state index contributed by atoms with van der Waals surface area (Å²) in [5, 5.41) is 1.91. The van der Waals surface area contributed by atoms with Crippen LogP contribution in [-0.4, -0.2) is 27.1 Å². The minimum absolute atomic E-state index is 0.0720. The van der Waals surface area contributed by atoms with Gasteiger partial charge in [0.15, 0.2) is 0 Å². The Morgan fingerprint density at radius 3 is 2.52 bits per heavy atom. The number of carbonyl (C=O) groups is 1. The number of halogens is 4. The number of sulfonamides is 1. The van der Waals surface area contributed by atoms with E-state index in [2.05, 4.69) is 5.32 Å². The van der Waals surface area contributed by atoms with Crippen LogP contribution in [0.25, 0.3) is 0 Å². The molecule has 1 heterocycles. The minimum Gasteiger partial charge on any atom is -0.322 e. The van der Waals surface area contributed by atoms with Gasteiger partial charge in [-0.15, -0.1) is 0 Å². The molecule has 1 amide bonds. The summed E-state index contributed by atoms with van der Waals surface area (Å²) in [5.74, 6) is -0.659. The molecule has 1 aliphatic heterocycles. The fourth-order valence-electron chi connectivity index (χ4n) is 2.86. The van der Waals surface area contributed by atoms with Crippen molar-refractivity contribution in [3.8, 4) is 0 Å². The van der Waals surface area contributed by atoms with Crippen molar-refractivity contribution in [3.05, 3.63) is 58.1 Å². The quantitative estimate of drug-likeness (QED) is 0.821. The number of anilines is 2. The van der Waals surface area contributed by atoms with Crippen LogP contribution < -0.4 is 9.62 Å². The molecule has 0 saturated carbocycles. The molecule has 0 radical (unpaired) electrons. The van der Waals surface area contributed by atoms with E-state index in [0.717, 1.165) is 24.0 Å². The zero-order chi connectivity index (χ0) is 20.0. The molecule has 0 atom stereocenters. The van der Waals surface area contributed by atoms with Gasteiger partial charge in [-0.2, -0.15) is 13.2 Å². The second kappa shape index (κ2) is 6.72. The molecule has 144 valence electrons. The van der Waals surface area contributed by atoms with Gasteiger partial charge in [-0.25, -0.2) is 8.42 Å². The van der Waals surface area contributed by atoms with Crippen LogP contribution in [0.2, 0.25) is 5.02 Å². The van der Waals surface area contributed by atoms with Crippen LogP contribution in [0.5, 0.6) is 0 Å². The SMILES string of the molecule is CS(=O)(=O)N1CCc2ccc(C(=O)Nc3ccc(Cl)c(C(F)(F)F)c3)cc21. The molecule has 1 aliphatic rings. The van der Waals surface area contributed by atoms with Crippen molar-refractivity contribution in [2.75, 3.05) is 22.4 Å². The lowest BCUT2D eigenvalue weighted by Gasteiger charge is -2.17. The first kappa shape index (κ1) is 19.5. The van der Waals surface area contributed by atoms with Gasteiger partial charge < -0.3 is 5.32 Å². The van der Waals surface area contributed by atoms with E-state index < -0.39 is 32.7 Å². The highest BCUT2D eigenvalue weighted by Gasteiger charge is 2.33. The number of alkyl halides is 3. The summed E-state index contributed by atoms with van der Waals surface area (Å²) in [6.45, 7) is 0.283. The third-order valence-electron chi connectivity index (χ3n) is 4.13. The molecular weight excluding hydrogens is 405 g/mol. The molecule has 0 spiro atoms. The number of nitrogens with one attached hydrogen (secondary N) is 1. The molecule has 5 nitrogen and oxygen atoms in total. The molecule has 2 aromatic rings. The monoisotopic (exact) mass is 418 g/mol. The second-order valence-electron chi connectivity index (χ2n) is 6.08. The first-order chi connectivity index (χ1) is 12.5. The van der Waals surface area contributed by atoms with E-state index in [4.69, 9.17) is 11.6 Å². The van der Waals surface area contributed by atoms with Crippen molar-refractivity contribution in [1.29, 1.82) is 0 Å². The van der Waals surface area contributed by atoms with E-state index in [-0.39, 0.29) is 17.8 Å². The molecule has 1 N–H and O–H groups in total. The molecule has 2 aromatic carbocycles. The zero-order valence-corrected chi connectivity index (χ0v) is 15.5. The molecule has 0 unspecified atom stereocenters. The topological polar surface area (TPSA) is 66.5 Å². The molecule has 27 heavy (non-hydrogen) atoms. The summed E-state index contributed by atoms with van der Waals surface area (Å²) in [7, 11) is -3.48. The maximum Gasteiger partial charge on any atom is 0.417 e. The van der Waals surface area contributed by atoms with E-state index in [1.807, 2.05) is 0 Å². The Morgan fingerprint density at radius 2 is 1.89 bits per heavy atom. The second-order valence-corrected chi connectivity index (χ2v) is 8.39. The van der Waals surface area contributed by atoms with Crippen molar-refractivity contribution in [1.82, 2.24) is 0 Å². The molecular formula is C17H14ClF3N2O3S. The minimum atomic E-state index is -4.65. The summed E-state index contributed by atoms with van der Waals surface area (Å²) in [4.78, 5) is 12.4. The third-order valence-corrected chi connectivity index (χ3v) is 5.64. The normalized spacial score (nSPS) is 14.2. The van der Waals surface area contributed by atoms with Gasteiger partial charge in [0.1, 0.15) is 0 Å². The highest BCUT2D eigenvalue weighted by atomic mass is 35.5. The summed E-state index contributed by atoms with van der Waals surface area (Å²) in [6, 6.07) is 7.61. The summed E-state index contributed by atoms with van der Waals surface area (Å²) < 4.78 is 63.7. The van der Waals surface area contributed by atoms with Crippen LogP contribution in [0.1, 0.15) is 21.5 Å². The average Bonchev–Trinajstić information content (AvgIpc) is 2.98. The number of hydrogen-bond donors (Lipinski definition) is 1. The Morgan fingerprint density at radius 1 is 1.19 bits per heavy atom. The van der Waals surface area contributed by atoms with E-state index in [1.165, 1.54) is 22.5 Å². The smallest absolute Gasteiger partial charge is 0.322 e. The maximum atomic E-state index is 12.9. The number of amides is 1. The summed E-state index contributed by atoms with van der Waals surface area (Å²) in [5.41, 5.74) is 0.184. The Bertz CT molecular complexity index is 1020. The number of benzene rings is 2. The lowest BCUT2D eigenvalue weighted by molar-refractivity contribution is -0.137. The molecule has 10 heteroatoms. The van der Waals surface area contributed by atoms with E-state index in [0.29, 0.717) is 12.1 Å². The van der Waals surface area contributed by atoms with Crippen LogP contribution in [0.4, 0.5) is 24.5 Å². The maximum absolute atomic E-state index is 12.9. The van der Waals surface area contributed by atoms with E-state index in [1.54, 1.807) is 6.07 Å². The number of nitrogens with zero attached hydrogens (tertiary/aromatic N) is 1. The number of rotatable bonds is 3. The molecule has 0 bridgehead atoms. The van der Waals surface area contributed by atoms with Gasteiger partial charge in [0.05, 0.1) is 22.5 Å². The van der Waals surface area contributed by atoms with Crippen molar-refractivity contribution in [2.24, 2.45) is 0 Å². The standard InChI is InChI=1S/C17H14ClF3N2O3S/c1-27(25,26)23-7-6-10-2-3-11(8-15(10)23)16(24)22-12-4-5-14(18)13(9-12)17(19,20)21/h2-5,8-9H,6-7H2,1H3,(H,22,24). The Labute approximate surface area is 158 Å². The molecule has 0 saturated heterocycles.